The van der Waals surface area contributed by atoms with Crippen molar-refractivity contribution in [2.24, 2.45) is 0 Å². The number of carbonyl (C=O) groups excluding carboxylic acids is 1. The van der Waals surface area contributed by atoms with Crippen molar-refractivity contribution in [2.45, 2.75) is 0 Å². The summed E-state index contributed by atoms with van der Waals surface area (Å²) in [6.07, 6.45) is 1.81. The number of amides is 1. The summed E-state index contributed by atoms with van der Waals surface area (Å²) >= 11 is 3.48. The highest BCUT2D eigenvalue weighted by molar-refractivity contribution is 9.10. The van der Waals surface area contributed by atoms with Gasteiger partial charge in [0.05, 0.1) is 16.8 Å². The molecule has 5 nitrogen and oxygen atoms in total. The number of fused-ring (bicyclic) bond motifs is 1. The minimum absolute atomic E-state index is 0.0534. The molecule has 154 valence electrons. The first-order chi connectivity index (χ1) is 15.2. The van der Waals surface area contributed by atoms with Crippen molar-refractivity contribution in [1.29, 1.82) is 0 Å². The number of aromatic nitrogens is 2. The zero-order valence-electron chi connectivity index (χ0n) is 16.9. The summed E-state index contributed by atoms with van der Waals surface area (Å²) in [6.45, 7) is 2.87. The second kappa shape index (κ2) is 8.47. The maximum Gasteiger partial charge on any atom is 0.254 e. The van der Waals surface area contributed by atoms with Gasteiger partial charge in [-0.05, 0) is 36.4 Å². The molecule has 0 N–H and O–H groups in total. The molecule has 5 rings (SSSR count). The second-order valence-electron chi connectivity index (χ2n) is 7.55. The molecule has 2 aromatic heterocycles. The second-order valence-corrected chi connectivity index (χ2v) is 8.46. The van der Waals surface area contributed by atoms with Gasteiger partial charge in [-0.25, -0.2) is 9.97 Å². The van der Waals surface area contributed by atoms with Crippen LogP contribution < -0.4 is 4.90 Å². The summed E-state index contributed by atoms with van der Waals surface area (Å²) in [5.74, 6) is 1.01. The Labute approximate surface area is 189 Å². The van der Waals surface area contributed by atoms with Crippen LogP contribution in [-0.2, 0) is 0 Å². The zero-order valence-corrected chi connectivity index (χ0v) is 18.5. The Kier molecular flexibility index (Phi) is 5.38. The van der Waals surface area contributed by atoms with Crippen LogP contribution in [0.3, 0.4) is 0 Å². The third-order valence-electron chi connectivity index (χ3n) is 5.63. The fraction of sp³-hybridized carbons (Fsp3) is 0.160. The normalized spacial score (nSPS) is 14.1. The lowest BCUT2D eigenvalue weighted by atomic mass is 10.0. The Morgan fingerprint density at radius 1 is 0.871 bits per heavy atom. The lowest BCUT2D eigenvalue weighted by Crippen LogP contribution is -2.49. The van der Waals surface area contributed by atoms with E-state index in [4.69, 9.17) is 4.98 Å². The minimum Gasteiger partial charge on any atom is -0.353 e. The SMILES string of the molecule is O=C(c1cc(-c2ccc(Br)cc2)nc2ccccc12)N1CCN(c2ccccn2)CC1. The number of hydrogen-bond donors (Lipinski definition) is 0. The smallest absolute Gasteiger partial charge is 0.254 e. The zero-order chi connectivity index (χ0) is 21.2. The molecule has 1 aliphatic rings. The number of carbonyl (C=O) groups is 1. The molecule has 0 saturated carbocycles. The van der Waals surface area contributed by atoms with Crippen LogP contribution >= 0.6 is 15.9 Å². The van der Waals surface area contributed by atoms with Crippen molar-refractivity contribution in [2.75, 3.05) is 31.1 Å². The van der Waals surface area contributed by atoms with Gasteiger partial charge in [0.15, 0.2) is 0 Å². The van der Waals surface area contributed by atoms with Gasteiger partial charge >= 0.3 is 0 Å². The maximum atomic E-state index is 13.6. The van der Waals surface area contributed by atoms with Crippen LogP contribution in [0.2, 0.25) is 0 Å². The predicted octanol–water partition coefficient (Wildman–Crippen LogP) is 5.02. The number of anilines is 1. The van der Waals surface area contributed by atoms with E-state index in [1.165, 1.54) is 0 Å². The monoisotopic (exact) mass is 472 g/mol. The topological polar surface area (TPSA) is 49.3 Å². The number of nitrogens with zero attached hydrogens (tertiary/aromatic N) is 4. The number of halogens is 1. The van der Waals surface area contributed by atoms with E-state index < -0.39 is 0 Å². The van der Waals surface area contributed by atoms with Gasteiger partial charge in [-0.15, -0.1) is 0 Å². The Hall–Kier alpha value is -3.25. The summed E-state index contributed by atoms with van der Waals surface area (Å²) in [6, 6.07) is 23.7. The average Bonchev–Trinajstić information content (AvgIpc) is 2.84. The van der Waals surface area contributed by atoms with E-state index in [0.717, 1.165) is 45.5 Å². The molecule has 1 fully saturated rings. The summed E-state index contributed by atoms with van der Waals surface area (Å²) in [5, 5.41) is 0.889. The molecule has 0 spiro atoms. The van der Waals surface area contributed by atoms with E-state index in [0.29, 0.717) is 18.7 Å². The van der Waals surface area contributed by atoms with Gasteiger partial charge in [0.25, 0.3) is 5.91 Å². The predicted molar refractivity (Wildman–Crippen MR) is 127 cm³/mol. The molecule has 1 amide bonds. The third kappa shape index (κ3) is 4.03. The van der Waals surface area contributed by atoms with Crippen molar-refractivity contribution in [3.8, 4) is 11.3 Å². The first kappa shape index (κ1) is 19.7. The van der Waals surface area contributed by atoms with Crippen molar-refractivity contribution in [3.05, 3.63) is 89.0 Å². The molecule has 1 aliphatic heterocycles. The van der Waals surface area contributed by atoms with Crippen molar-refractivity contribution in [3.63, 3.8) is 0 Å². The standard InChI is InChI=1S/C25H21BrN4O/c26-19-10-8-18(9-11-19)23-17-21(20-5-1-2-6-22(20)28-23)25(31)30-15-13-29(14-16-30)24-7-3-4-12-27-24/h1-12,17H,13-16H2. The highest BCUT2D eigenvalue weighted by atomic mass is 79.9. The van der Waals surface area contributed by atoms with E-state index in [1.807, 2.05) is 77.7 Å². The highest BCUT2D eigenvalue weighted by Crippen LogP contribution is 2.27. The van der Waals surface area contributed by atoms with Crippen LogP contribution in [0.5, 0.6) is 0 Å². The van der Waals surface area contributed by atoms with Gasteiger partial charge in [0.1, 0.15) is 5.82 Å². The Balaban J connectivity index is 1.45. The molecule has 0 unspecified atom stereocenters. The van der Waals surface area contributed by atoms with Crippen molar-refractivity contribution >= 4 is 38.6 Å². The van der Waals surface area contributed by atoms with Crippen molar-refractivity contribution in [1.82, 2.24) is 14.9 Å². The Morgan fingerprint density at radius 3 is 2.35 bits per heavy atom. The van der Waals surface area contributed by atoms with Gasteiger partial charge in [0, 0.05) is 47.8 Å². The van der Waals surface area contributed by atoms with Gasteiger partial charge < -0.3 is 9.80 Å². The molecular weight excluding hydrogens is 452 g/mol. The van der Waals surface area contributed by atoms with Gasteiger partial charge in [-0.2, -0.15) is 0 Å². The minimum atomic E-state index is 0.0534. The van der Waals surface area contributed by atoms with Gasteiger partial charge in [-0.1, -0.05) is 52.3 Å². The fourth-order valence-corrected chi connectivity index (χ4v) is 4.23. The Morgan fingerprint density at radius 2 is 1.61 bits per heavy atom. The number of rotatable bonds is 3. The number of hydrogen-bond acceptors (Lipinski definition) is 4. The summed E-state index contributed by atoms with van der Waals surface area (Å²) in [4.78, 5) is 27.0. The van der Waals surface area contributed by atoms with E-state index in [9.17, 15) is 4.79 Å². The third-order valence-corrected chi connectivity index (χ3v) is 6.16. The molecule has 0 bridgehead atoms. The van der Waals surface area contributed by atoms with Crippen LogP contribution in [0.1, 0.15) is 10.4 Å². The van der Waals surface area contributed by atoms with Crippen molar-refractivity contribution < 1.29 is 4.79 Å². The molecule has 6 heteroatoms. The largest absolute Gasteiger partial charge is 0.353 e. The number of pyridine rings is 2. The number of piperazine rings is 1. The molecule has 31 heavy (non-hydrogen) atoms. The number of benzene rings is 2. The lowest BCUT2D eigenvalue weighted by molar-refractivity contribution is 0.0748. The molecule has 3 heterocycles. The molecule has 2 aromatic carbocycles. The molecule has 0 atom stereocenters. The summed E-state index contributed by atoms with van der Waals surface area (Å²) < 4.78 is 1.01. The van der Waals surface area contributed by atoms with Crippen LogP contribution in [0.15, 0.2) is 83.5 Å². The van der Waals surface area contributed by atoms with Crippen LogP contribution in [0.25, 0.3) is 22.2 Å². The van der Waals surface area contributed by atoms with E-state index in [1.54, 1.807) is 6.20 Å². The first-order valence-corrected chi connectivity index (χ1v) is 11.1. The molecule has 0 aliphatic carbocycles. The quantitative estimate of drug-likeness (QED) is 0.419. The van der Waals surface area contributed by atoms with E-state index in [-0.39, 0.29) is 5.91 Å². The van der Waals surface area contributed by atoms with Gasteiger partial charge in [0.2, 0.25) is 0 Å². The molecular formula is C25H21BrN4O. The summed E-state index contributed by atoms with van der Waals surface area (Å²) in [7, 11) is 0. The lowest BCUT2D eigenvalue weighted by Gasteiger charge is -2.35. The summed E-state index contributed by atoms with van der Waals surface area (Å²) in [5.41, 5.74) is 3.33. The maximum absolute atomic E-state index is 13.6. The fourth-order valence-electron chi connectivity index (χ4n) is 3.97. The molecule has 0 radical (unpaired) electrons. The molecule has 1 saturated heterocycles. The van der Waals surface area contributed by atoms with E-state index in [2.05, 4.69) is 25.8 Å². The van der Waals surface area contributed by atoms with Crippen LogP contribution in [0, 0.1) is 0 Å². The molecule has 4 aromatic rings. The number of para-hydroxylation sites is 1. The van der Waals surface area contributed by atoms with E-state index >= 15 is 0 Å². The average molecular weight is 473 g/mol. The first-order valence-electron chi connectivity index (χ1n) is 10.3. The van der Waals surface area contributed by atoms with Gasteiger partial charge in [-0.3, -0.25) is 4.79 Å². The van der Waals surface area contributed by atoms with Crippen LogP contribution in [0.4, 0.5) is 5.82 Å². The highest BCUT2D eigenvalue weighted by Gasteiger charge is 2.24. The Bertz CT molecular complexity index is 1220. The van der Waals surface area contributed by atoms with Crippen LogP contribution in [-0.4, -0.2) is 47.0 Å².